The predicted molar refractivity (Wildman–Crippen MR) is 100 cm³/mol. The number of Topliss-reactive ketones (excluding diaryl/α,β-unsaturated/α-hetero) is 1. The van der Waals surface area contributed by atoms with Gasteiger partial charge in [-0.15, -0.1) is 0 Å². The van der Waals surface area contributed by atoms with E-state index in [2.05, 4.69) is 5.32 Å². The minimum absolute atomic E-state index is 0.0528. The summed E-state index contributed by atoms with van der Waals surface area (Å²) < 4.78 is 78.3. The van der Waals surface area contributed by atoms with Gasteiger partial charge in [-0.25, -0.2) is 4.79 Å². The Balaban J connectivity index is 2.48. The van der Waals surface area contributed by atoms with Gasteiger partial charge in [0.2, 0.25) is 5.78 Å². The van der Waals surface area contributed by atoms with Crippen LogP contribution >= 0.6 is 0 Å². The van der Waals surface area contributed by atoms with Crippen LogP contribution in [0, 0.1) is 0 Å². The van der Waals surface area contributed by atoms with Gasteiger partial charge in [-0.3, -0.25) is 9.59 Å². The molecule has 0 fully saturated rings. The third-order valence-electron chi connectivity index (χ3n) is 4.02. The minimum Gasteiger partial charge on any atom is -0.445 e. The van der Waals surface area contributed by atoms with Gasteiger partial charge in [0.25, 0.3) is 0 Å². The highest BCUT2D eigenvalue weighted by Gasteiger charge is 2.38. The van der Waals surface area contributed by atoms with Gasteiger partial charge >= 0.3 is 24.4 Å². The maximum Gasteiger partial charge on any atom is 0.471 e. The zero-order chi connectivity index (χ0) is 24.2. The Morgan fingerprint density at radius 3 is 2.09 bits per heavy atom. The molecule has 0 aromatic heterocycles. The molecule has 0 atom stereocenters. The number of ether oxygens (including phenoxy) is 1. The summed E-state index contributed by atoms with van der Waals surface area (Å²) in [5.74, 6) is -3.99. The van der Waals surface area contributed by atoms with Crippen LogP contribution in [-0.4, -0.2) is 67.8 Å². The Labute approximate surface area is 180 Å². The molecule has 0 saturated heterocycles. The Bertz CT molecular complexity index is 741. The molecule has 0 spiro atoms. The normalized spacial score (nSPS) is 11.7. The molecule has 0 aliphatic heterocycles. The number of carbonyl (C=O) groups is 3. The maximum atomic E-state index is 12.3. The van der Waals surface area contributed by atoms with E-state index >= 15 is 0 Å². The maximum absolute atomic E-state index is 12.3. The molecule has 0 aliphatic rings. The summed E-state index contributed by atoms with van der Waals surface area (Å²) in [5, 5.41) is 4.38. The molecular weight excluding hydrogens is 448 g/mol. The third-order valence-corrected chi connectivity index (χ3v) is 4.02. The van der Waals surface area contributed by atoms with Crippen molar-refractivity contribution in [3.05, 3.63) is 35.9 Å². The van der Waals surface area contributed by atoms with Gasteiger partial charge in [0.1, 0.15) is 6.61 Å². The van der Waals surface area contributed by atoms with Crippen LogP contribution in [0.1, 0.15) is 18.4 Å². The number of carbonyl (C=O) groups excluding carboxylic acids is 3. The number of nitrogens with one attached hydrogen (secondary N) is 2. The quantitative estimate of drug-likeness (QED) is 0.362. The van der Waals surface area contributed by atoms with Crippen LogP contribution in [0.4, 0.5) is 31.1 Å². The summed E-state index contributed by atoms with van der Waals surface area (Å²) in [4.78, 5) is 35.0. The van der Waals surface area contributed by atoms with Crippen LogP contribution in [0.25, 0.3) is 0 Å². The van der Waals surface area contributed by atoms with Crippen molar-refractivity contribution in [2.24, 2.45) is 0 Å². The second kappa shape index (κ2) is 12.9. The standard InChI is InChI=1S/C19H23F6N3O4/c20-18(21,22)15(29)7-4-8-26-9-11-28(12-10-27-16(30)19(23,24)25)17(31)32-13-14-5-2-1-3-6-14/h1-3,5-6,26H,4,7-13H2,(H,27,30). The fourth-order valence-electron chi connectivity index (χ4n) is 2.36. The van der Waals surface area contributed by atoms with E-state index in [1.807, 2.05) is 0 Å². The van der Waals surface area contributed by atoms with E-state index in [0.717, 1.165) is 4.90 Å². The third kappa shape index (κ3) is 11.0. The lowest BCUT2D eigenvalue weighted by Crippen LogP contribution is -2.44. The van der Waals surface area contributed by atoms with E-state index < -0.39 is 43.1 Å². The second-order valence-electron chi connectivity index (χ2n) is 6.56. The molecule has 0 unspecified atom stereocenters. The largest absolute Gasteiger partial charge is 0.471 e. The summed E-state index contributed by atoms with van der Waals surface area (Å²) in [6, 6.07) is 8.60. The average molecular weight is 471 g/mol. The van der Waals surface area contributed by atoms with E-state index in [1.54, 1.807) is 35.6 Å². The highest BCUT2D eigenvalue weighted by molar-refractivity contribution is 5.83. The van der Waals surface area contributed by atoms with Crippen molar-refractivity contribution in [2.75, 3.05) is 32.7 Å². The van der Waals surface area contributed by atoms with Gasteiger partial charge in [0.05, 0.1) is 0 Å². The van der Waals surface area contributed by atoms with E-state index in [4.69, 9.17) is 4.74 Å². The number of hydrogen-bond acceptors (Lipinski definition) is 5. The molecule has 7 nitrogen and oxygen atoms in total. The molecule has 0 heterocycles. The Kier molecular flexibility index (Phi) is 11.0. The first-order chi connectivity index (χ1) is 14.9. The summed E-state index contributed by atoms with van der Waals surface area (Å²) in [6.07, 6.45) is -11.6. The first-order valence-corrected chi connectivity index (χ1v) is 9.52. The van der Waals surface area contributed by atoms with Gasteiger partial charge in [0.15, 0.2) is 0 Å². The highest BCUT2D eigenvalue weighted by Crippen LogP contribution is 2.18. The Morgan fingerprint density at radius 1 is 0.875 bits per heavy atom. The topological polar surface area (TPSA) is 87.7 Å². The monoisotopic (exact) mass is 471 g/mol. The van der Waals surface area contributed by atoms with Crippen molar-refractivity contribution in [3.8, 4) is 0 Å². The SMILES string of the molecule is O=C(OCc1ccccc1)N(CCNCCCC(=O)C(F)(F)F)CCNC(=O)C(F)(F)F. The minimum atomic E-state index is -5.06. The molecule has 1 aromatic rings. The Hall–Kier alpha value is -2.83. The van der Waals surface area contributed by atoms with Crippen LogP contribution in [0.3, 0.4) is 0 Å². The van der Waals surface area contributed by atoms with Gasteiger partial charge in [0, 0.05) is 32.6 Å². The van der Waals surface area contributed by atoms with Crippen molar-refractivity contribution in [3.63, 3.8) is 0 Å². The van der Waals surface area contributed by atoms with Gasteiger partial charge < -0.3 is 20.3 Å². The summed E-state index contributed by atoms with van der Waals surface area (Å²) in [6.45, 7) is -0.781. The van der Waals surface area contributed by atoms with Crippen LogP contribution in [0.5, 0.6) is 0 Å². The van der Waals surface area contributed by atoms with Crippen LogP contribution in [0.2, 0.25) is 0 Å². The number of alkyl halides is 6. The molecular formula is C19H23F6N3O4. The highest BCUT2D eigenvalue weighted by atomic mass is 19.4. The average Bonchev–Trinajstić information content (AvgIpc) is 2.72. The lowest BCUT2D eigenvalue weighted by molar-refractivity contribution is -0.173. The zero-order valence-electron chi connectivity index (χ0n) is 16.9. The van der Waals surface area contributed by atoms with Crippen LogP contribution < -0.4 is 10.6 Å². The fourth-order valence-corrected chi connectivity index (χ4v) is 2.36. The molecule has 0 radical (unpaired) electrons. The molecule has 32 heavy (non-hydrogen) atoms. The number of rotatable bonds is 12. The van der Waals surface area contributed by atoms with Crippen molar-refractivity contribution < 1.29 is 45.5 Å². The van der Waals surface area contributed by atoms with Gasteiger partial charge in [-0.1, -0.05) is 30.3 Å². The van der Waals surface area contributed by atoms with Gasteiger partial charge in [-0.05, 0) is 18.5 Å². The van der Waals surface area contributed by atoms with Crippen LogP contribution in [-0.2, 0) is 20.9 Å². The van der Waals surface area contributed by atoms with E-state index in [-0.39, 0.29) is 39.2 Å². The lowest BCUT2D eigenvalue weighted by atomic mass is 10.2. The molecule has 0 bridgehead atoms. The molecule has 13 heteroatoms. The number of halogens is 6. The van der Waals surface area contributed by atoms with Crippen LogP contribution in [0.15, 0.2) is 30.3 Å². The Morgan fingerprint density at radius 2 is 1.50 bits per heavy atom. The number of benzene rings is 1. The van der Waals surface area contributed by atoms with Crippen molar-refractivity contribution in [1.29, 1.82) is 0 Å². The predicted octanol–water partition coefficient (Wildman–Crippen LogP) is 2.80. The molecule has 0 aliphatic carbocycles. The molecule has 2 N–H and O–H groups in total. The number of hydrogen-bond donors (Lipinski definition) is 2. The first kappa shape index (κ1) is 27.2. The summed E-state index contributed by atoms with van der Waals surface area (Å²) in [5.41, 5.74) is 0.679. The van der Waals surface area contributed by atoms with Crippen molar-refractivity contribution in [1.82, 2.24) is 15.5 Å². The number of ketones is 1. The van der Waals surface area contributed by atoms with Gasteiger partial charge in [-0.2, -0.15) is 26.3 Å². The number of amides is 2. The molecule has 1 rings (SSSR count). The van der Waals surface area contributed by atoms with E-state index in [0.29, 0.717) is 5.56 Å². The van der Waals surface area contributed by atoms with E-state index in [1.165, 1.54) is 0 Å². The lowest BCUT2D eigenvalue weighted by Gasteiger charge is -2.23. The smallest absolute Gasteiger partial charge is 0.445 e. The molecule has 0 saturated carbocycles. The first-order valence-electron chi connectivity index (χ1n) is 9.52. The number of nitrogens with zero attached hydrogens (tertiary/aromatic N) is 1. The molecule has 1 aromatic carbocycles. The summed E-state index contributed by atoms with van der Waals surface area (Å²) in [7, 11) is 0. The summed E-state index contributed by atoms with van der Waals surface area (Å²) >= 11 is 0. The fraction of sp³-hybridized carbons (Fsp3) is 0.526. The van der Waals surface area contributed by atoms with Crippen molar-refractivity contribution >= 4 is 17.8 Å². The molecule has 2 amide bonds. The van der Waals surface area contributed by atoms with E-state index in [9.17, 15) is 40.7 Å². The molecule has 180 valence electrons. The zero-order valence-corrected chi connectivity index (χ0v) is 16.9. The second-order valence-corrected chi connectivity index (χ2v) is 6.56. The van der Waals surface area contributed by atoms with Crippen molar-refractivity contribution in [2.45, 2.75) is 31.8 Å².